The van der Waals surface area contributed by atoms with Gasteiger partial charge in [0.15, 0.2) is 0 Å². The number of carbonyl (C=O) groups is 1. The number of aromatic nitrogens is 2. The van der Waals surface area contributed by atoms with Crippen LogP contribution in [0.5, 0.6) is 0 Å². The van der Waals surface area contributed by atoms with Gasteiger partial charge in [-0.15, -0.1) is 0 Å². The van der Waals surface area contributed by atoms with Gasteiger partial charge in [0.25, 0.3) is 5.91 Å². The Bertz CT molecular complexity index is 964. The van der Waals surface area contributed by atoms with Crippen molar-refractivity contribution in [1.82, 2.24) is 14.9 Å². The number of nitrogens with zero attached hydrogens (tertiary/aromatic N) is 3. The summed E-state index contributed by atoms with van der Waals surface area (Å²) in [5.74, 6) is -0.206. The minimum atomic E-state index is -0.206. The van der Waals surface area contributed by atoms with Crippen LogP contribution in [0.4, 0.5) is 5.69 Å². The summed E-state index contributed by atoms with van der Waals surface area (Å²) < 4.78 is 0. The monoisotopic (exact) mass is 386 g/mol. The summed E-state index contributed by atoms with van der Waals surface area (Å²) in [4.78, 5) is 24.0. The number of amides is 1. The molecule has 4 rings (SSSR count). The van der Waals surface area contributed by atoms with Crippen LogP contribution >= 0.6 is 0 Å². The van der Waals surface area contributed by atoms with Gasteiger partial charge in [-0.3, -0.25) is 19.7 Å². The van der Waals surface area contributed by atoms with Gasteiger partial charge in [0.05, 0.1) is 5.69 Å². The third kappa shape index (κ3) is 4.69. The Hall–Kier alpha value is -3.05. The topological polar surface area (TPSA) is 58.1 Å². The molecule has 0 radical (unpaired) electrons. The van der Waals surface area contributed by atoms with Crippen LogP contribution in [0.3, 0.4) is 0 Å². The molecule has 0 bridgehead atoms. The van der Waals surface area contributed by atoms with Crippen LogP contribution in [0.1, 0.15) is 40.9 Å². The van der Waals surface area contributed by atoms with Gasteiger partial charge in [0.2, 0.25) is 0 Å². The molecule has 148 valence electrons. The lowest BCUT2D eigenvalue weighted by Crippen LogP contribution is -2.29. The van der Waals surface area contributed by atoms with Crippen molar-refractivity contribution in [1.29, 1.82) is 0 Å². The van der Waals surface area contributed by atoms with E-state index in [4.69, 9.17) is 0 Å². The fourth-order valence-electron chi connectivity index (χ4n) is 3.77. The van der Waals surface area contributed by atoms with E-state index in [-0.39, 0.29) is 5.91 Å². The first kappa shape index (κ1) is 19.3. The van der Waals surface area contributed by atoms with Gasteiger partial charge in [-0.2, -0.15) is 0 Å². The number of nitrogens with one attached hydrogen (secondary N) is 1. The van der Waals surface area contributed by atoms with Gasteiger partial charge < -0.3 is 5.32 Å². The molecule has 3 heterocycles. The van der Waals surface area contributed by atoms with Gasteiger partial charge in [-0.1, -0.05) is 42.8 Å². The maximum atomic E-state index is 12.7. The number of likely N-dealkylation sites (tertiary alicyclic amines) is 1. The molecular formula is C24H26N4O. The molecule has 1 amide bonds. The second-order valence-electron chi connectivity index (χ2n) is 7.54. The summed E-state index contributed by atoms with van der Waals surface area (Å²) in [5.41, 5.74) is 5.16. The lowest BCUT2D eigenvalue weighted by Gasteiger charge is -2.26. The standard InChI is InChI=1S/C24H26N4O/c1-18-21(12-13-25-23(18)20-8-4-2-5-9-20)27-24(29)22-11-10-19(16-26-22)17-28-14-6-3-7-15-28/h2,4-5,8-13,16H,3,6-7,14-15,17H2,1H3,(H,25,27,29). The van der Waals surface area contributed by atoms with Gasteiger partial charge in [-0.05, 0) is 56.1 Å². The molecule has 0 spiro atoms. The van der Waals surface area contributed by atoms with Crippen molar-refractivity contribution in [3.63, 3.8) is 0 Å². The molecule has 1 N–H and O–H groups in total. The van der Waals surface area contributed by atoms with Crippen molar-refractivity contribution in [3.8, 4) is 11.3 Å². The number of benzene rings is 1. The molecule has 1 saturated heterocycles. The molecule has 5 heteroatoms. The SMILES string of the molecule is Cc1c(NC(=O)c2ccc(CN3CCCCC3)cn2)ccnc1-c1ccccc1. The molecule has 1 aliphatic heterocycles. The maximum absolute atomic E-state index is 12.7. The average Bonchev–Trinajstić information content (AvgIpc) is 2.77. The Morgan fingerprint density at radius 1 is 1.00 bits per heavy atom. The van der Waals surface area contributed by atoms with Gasteiger partial charge in [0, 0.05) is 30.2 Å². The second-order valence-corrected chi connectivity index (χ2v) is 7.54. The van der Waals surface area contributed by atoms with Crippen LogP contribution < -0.4 is 5.32 Å². The minimum Gasteiger partial charge on any atom is -0.320 e. The number of hydrogen-bond acceptors (Lipinski definition) is 4. The minimum absolute atomic E-state index is 0.206. The van der Waals surface area contributed by atoms with Crippen LogP contribution in [0, 0.1) is 6.92 Å². The molecule has 2 aromatic heterocycles. The number of pyridine rings is 2. The predicted octanol–water partition coefficient (Wildman–Crippen LogP) is 4.69. The van der Waals surface area contributed by atoms with E-state index in [1.54, 1.807) is 6.20 Å². The number of hydrogen-bond donors (Lipinski definition) is 1. The van der Waals surface area contributed by atoms with Gasteiger partial charge in [-0.25, -0.2) is 0 Å². The van der Waals surface area contributed by atoms with Crippen LogP contribution in [-0.2, 0) is 6.54 Å². The first-order chi connectivity index (χ1) is 14.2. The van der Waals surface area contributed by atoms with E-state index >= 15 is 0 Å². The zero-order valence-electron chi connectivity index (χ0n) is 16.8. The van der Waals surface area contributed by atoms with E-state index in [0.717, 1.165) is 47.7 Å². The highest BCUT2D eigenvalue weighted by Gasteiger charge is 2.14. The Morgan fingerprint density at radius 2 is 1.79 bits per heavy atom. The summed E-state index contributed by atoms with van der Waals surface area (Å²) in [5, 5.41) is 2.99. The summed E-state index contributed by atoms with van der Waals surface area (Å²) >= 11 is 0. The Labute approximate surface area is 171 Å². The van der Waals surface area contributed by atoms with Crippen LogP contribution in [0.25, 0.3) is 11.3 Å². The third-order valence-electron chi connectivity index (χ3n) is 5.41. The molecule has 1 aromatic carbocycles. The van der Waals surface area contributed by atoms with Crippen molar-refractivity contribution >= 4 is 11.6 Å². The van der Waals surface area contributed by atoms with Crippen molar-refractivity contribution in [2.75, 3.05) is 18.4 Å². The van der Waals surface area contributed by atoms with Crippen LogP contribution in [0.2, 0.25) is 0 Å². The highest BCUT2D eigenvalue weighted by atomic mass is 16.1. The normalized spacial score (nSPS) is 14.5. The number of rotatable bonds is 5. The van der Waals surface area contributed by atoms with E-state index in [2.05, 4.69) is 20.2 Å². The fraction of sp³-hybridized carbons (Fsp3) is 0.292. The maximum Gasteiger partial charge on any atom is 0.274 e. The van der Waals surface area contributed by atoms with Gasteiger partial charge >= 0.3 is 0 Å². The van der Waals surface area contributed by atoms with Crippen LogP contribution in [-0.4, -0.2) is 33.9 Å². The molecule has 29 heavy (non-hydrogen) atoms. The molecule has 1 fully saturated rings. The van der Waals surface area contributed by atoms with Crippen molar-refractivity contribution < 1.29 is 4.79 Å². The first-order valence-electron chi connectivity index (χ1n) is 10.2. The zero-order valence-corrected chi connectivity index (χ0v) is 16.8. The number of anilines is 1. The largest absolute Gasteiger partial charge is 0.320 e. The van der Waals surface area contributed by atoms with E-state index < -0.39 is 0 Å². The third-order valence-corrected chi connectivity index (χ3v) is 5.41. The lowest BCUT2D eigenvalue weighted by molar-refractivity contribution is 0.102. The second kappa shape index (κ2) is 8.97. The van der Waals surface area contributed by atoms with E-state index in [1.165, 1.54) is 19.3 Å². The zero-order chi connectivity index (χ0) is 20.1. The van der Waals surface area contributed by atoms with Crippen LogP contribution in [0.15, 0.2) is 60.9 Å². The van der Waals surface area contributed by atoms with E-state index in [9.17, 15) is 4.79 Å². The van der Waals surface area contributed by atoms with E-state index in [1.807, 2.05) is 61.7 Å². The molecule has 0 unspecified atom stereocenters. The molecule has 0 aliphatic carbocycles. The number of carbonyl (C=O) groups excluding carboxylic acids is 1. The Kier molecular flexibility index (Phi) is 5.96. The summed E-state index contributed by atoms with van der Waals surface area (Å²) in [6, 6.07) is 15.6. The van der Waals surface area contributed by atoms with Crippen molar-refractivity contribution in [2.24, 2.45) is 0 Å². The predicted molar refractivity (Wildman–Crippen MR) is 116 cm³/mol. The lowest BCUT2D eigenvalue weighted by atomic mass is 10.1. The molecule has 0 saturated carbocycles. The smallest absolute Gasteiger partial charge is 0.274 e. The Morgan fingerprint density at radius 3 is 2.52 bits per heavy atom. The highest BCUT2D eigenvalue weighted by molar-refractivity contribution is 6.03. The molecule has 1 aliphatic rings. The summed E-state index contributed by atoms with van der Waals surface area (Å²) in [6.45, 7) is 5.17. The molecule has 5 nitrogen and oxygen atoms in total. The first-order valence-corrected chi connectivity index (χ1v) is 10.2. The fourth-order valence-corrected chi connectivity index (χ4v) is 3.77. The highest BCUT2D eigenvalue weighted by Crippen LogP contribution is 2.26. The molecule has 3 aromatic rings. The summed E-state index contributed by atoms with van der Waals surface area (Å²) in [6.07, 6.45) is 7.40. The molecular weight excluding hydrogens is 360 g/mol. The number of piperidine rings is 1. The Balaban J connectivity index is 1.45. The quantitative estimate of drug-likeness (QED) is 0.691. The van der Waals surface area contributed by atoms with Crippen molar-refractivity contribution in [3.05, 3.63) is 77.7 Å². The van der Waals surface area contributed by atoms with E-state index in [0.29, 0.717) is 5.69 Å². The average molecular weight is 386 g/mol. The van der Waals surface area contributed by atoms with Crippen molar-refractivity contribution in [2.45, 2.75) is 32.7 Å². The summed E-state index contributed by atoms with van der Waals surface area (Å²) in [7, 11) is 0. The van der Waals surface area contributed by atoms with Gasteiger partial charge in [0.1, 0.15) is 5.69 Å². The molecule has 0 atom stereocenters.